The molecule has 1 heterocycles. The van der Waals surface area contributed by atoms with E-state index in [0.717, 1.165) is 12.3 Å². The highest BCUT2D eigenvalue weighted by Gasteiger charge is 2.30. The number of nitrogens with zero attached hydrogens (tertiary/aromatic N) is 1. The highest BCUT2D eigenvalue weighted by atomic mass is 32.2. The van der Waals surface area contributed by atoms with Crippen molar-refractivity contribution in [2.75, 3.05) is 12.9 Å². The average molecular weight is 375 g/mol. The van der Waals surface area contributed by atoms with E-state index in [9.17, 15) is 22.0 Å². The minimum atomic E-state index is -3.95. The Morgan fingerprint density at radius 2 is 1.88 bits per heavy atom. The van der Waals surface area contributed by atoms with Crippen molar-refractivity contribution in [3.05, 3.63) is 64.7 Å². The van der Waals surface area contributed by atoms with Crippen molar-refractivity contribution in [1.29, 1.82) is 5.26 Å². The summed E-state index contributed by atoms with van der Waals surface area (Å²) in [6.45, 7) is -0.292. The topological polar surface area (TPSA) is 84.2 Å². The molecule has 0 spiro atoms. The van der Waals surface area contributed by atoms with Crippen LogP contribution < -0.4 is 0 Å². The zero-order valence-electron chi connectivity index (χ0n) is 13.4. The SMILES string of the molecule is CS(=O)(=O)c1cc(F)c(C2=C(c3cccc(C#N)c3)C(=O)OC2)cc1F. The summed E-state index contributed by atoms with van der Waals surface area (Å²) in [7, 11) is -3.95. The van der Waals surface area contributed by atoms with Gasteiger partial charge >= 0.3 is 5.97 Å². The van der Waals surface area contributed by atoms with Gasteiger partial charge in [0.25, 0.3) is 0 Å². The number of hydrogen-bond acceptors (Lipinski definition) is 5. The molecule has 1 aliphatic heterocycles. The predicted molar refractivity (Wildman–Crippen MR) is 88.4 cm³/mol. The normalized spacial score (nSPS) is 14.3. The lowest BCUT2D eigenvalue weighted by atomic mass is 9.95. The largest absolute Gasteiger partial charge is 0.457 e. The fraction of sp³-hybridized carbons (Fsp3) is 0.111. The molecule has 0 aliphatic carbocycles. The molecule has 0 amide bonds. The molecule has 0 saturated carbocycles. The fourth-order valence-corrected chi connectivity index (χ4v) is 3.43. The van der Waals surface area contributed by atoms with Crippen LogP contribution >= 0.6 is 0 Å². The summed E-state index contributed by atoms with van der Waals surface area (Å²) in [5.74, 6) is -2.85. The maximum atomic E-state index is 14.5. The number of benzene rings is 2. The summed E-state index contributed by atoms with van der Waals surface area (Å²) in [6.07, 6.45) is 0.769. The number of hydrogen-bond donors (Lipinski definition) is 0. The maximum Gasteiger partial charge on any atom is 0.339 e. The molecule has 2 aromatic rings. The van der Waals surface area contributed by atoms with Crippen LogP contribution in [0.25, 0.3) is 11.1 Å². The first-order valence-corrected chi connectivity index (χ1v) is 9.22. The Kier molecular flexibility index (Phi) is 4.34. The number of esters is 1. The van der Waals surface area contributed by atoms with Gasteiger partial charge in [0, 0.05) is 17.4 Å². The van der Waals surface area contributed by atoms with Gasteiger partial charge in [-0.15, -0.1) is 0 Å². The van der Waals surface area contributed by atoms with Crippen LogP contribution in [0.4, 0.5) is 8.78 Å². The Labute approximate surface area is 148 Å². The van der Waals surface area contributed by atoms with E-state index in [1.807, 2.05) is 6.07 Å². The molecule has 0 fully saturated rings. The van der Waals surface area contributed by atoms with Crippen LogP contribution in [0.15, 0.2) is 41.3 Å². The fourth-order valence-electron chi connectivity index (χ4n) is 2.70. The molecular formula is C18H11F2NO4S. The third-order valence-electron chi connectivity index (χ3n) is 3.88. The van der Waals surface area contributed by atoms with E-state index in [4.69, 9.17) is 10.00 Å². The van der Waals surface area contributed by atoms with Crippen LogP contribution in [0.5, 0.6) is 0 Å². The van der Waals surface area contributed by atoms with E-state index in [1.165, 1.54) is 12.1 Å². The van der Waals surface area contributed by atoms with Crippen molar-refractivity contribution in [1.82, 2.24) is 0 Å². The van der Waals surface area contributed by atoms with Gasteiger partial charge in [-0.05, 0) is 29.8 Å². The lowest BCUT2D eigenvalue weighted by Crippen LogP contribution is -2.04. The minimum Gasteiger partial charge on any atom is -0.457 e. The van der Waals surface area contributed by atoms with Gasteiger partial charge in [0.15, 0.2) is 9.84 Å². The van der Waals surface area contributed by atoms with E-state index < -0.39 is 32.3 Å². The minimum absolute atomic E-state index is 0.00695. The van der Waals surface area contributed by atoms with Crippen LogP contribution in [0.2, 0.25) is 0 Å². The van der Waals surface area contributed by atoms with Crippen LogP contribution in [0.3, 0.4) is 0 Å². The van der Waals surface area contributed by atoms with E-state index in [1.54, 1.807) is 12.1 Å². The molecule has 3 rings (SSSR count). The van der Waals surface area contributed by atoms with Gasteiger partial charge in [0.1, 0.15) is 23.1 Å². The molecule has 0 bridgehead atoms. The average Bonchev–Trinajstić information content (AvgIpc) is 2.97. The monoisotopic (exact) mass is 375 g/mol. The van der Waals surface area contributed by atoms with Crippen LogP contribution in [0.1, 0.15) is 16.7 Å². The van der Waals surface area contributed by atoms with E-state index in [0.29, 0.717) is 11.6 Å². The Balaban J connectivity index is 2.24. The molecule has 5 nitrogen and oxygen atoms in total. The number of carbonyl (C=O) groups is 1. The maximum absolute atomic E-state index is 14.5. The number of rotatable bonds is 3. The Morgan fingerprint density at radius 1 is 1.15 bits per heavy atom. The number of cyclic esters (lactones) is 1. The Morgan fingerprint density at radius 3 is 2.54 bits per heavy atom. The third-order valence-corrected chi connectivity index (χ3v) is 4.99. The molecule has 0 saturated heterocycles. The molecule has 26 heavy (non-hydrogen) atoms. The Bertz CT molecular complexity index is 1110. The van der Waals surface area contributed by atoms with Gasteiger partial charge in [-0.3, -0.25) is 0 Å². The first-order chi connectivity index (χ1) is 12.2. The number of ether oxygens (including phenoxy) is 1. The lowest BCUT2D eigenvalue weighted by molar-refractivity contribution is -0.133. The van der Waals surface area contributed by atoms with Gasteiger partial charge < -0.3 is 4.74 Å². The van der Waals surface area contributed by atoms with E-state index in [2.05, 4.69) is 0 Å². The zero-order chi connectivity index (χ0) is 19.1. The van der Waals surface area contributed by atoms with Gasteiger partial charge in [0.2, 0.25) is 0 Å². The highest BCUT2D eigenvalue weighted by Crippen LogP contribution is 2.35. The number of halogens is 2. The van der Waals surface area contributed by atoms with Gasteiger partial charge in [-0.2, -0.15) is 5.26 Å². The van der Waals surface area contributed by atoms with Crippen molar-refractivity contribution in [2.45, 2.75) is 4.90 Å². The molecule has 132 valence electrons. The van der Waals surface area contributed by atoms with Crippen molar-refractivity contribution < 1.29 is 26.7 Å². The molecular weight excluding hydrogens is 364 g/mol. The van der Waals surface area contributed by atoms with Crippen molar-refractivity contribution in [2.24, 2.45) is 0 Å². The van der Waals surface area contributed by atoms with Gasteiger partial charge in [-0.25, -0.2) is 22.0 Å². The van der Waals surface area contributed by atoms with Crippen molar-refractivity contribution in [3.63, 3.8) is 0 Å². The number of sulfone groups is 1. The molecule has 0 N–H and O–H groups in total. The van der Waals surface area contributed by atoms with E-state index in [-0.39, 0.29) is 28.9 Å². The third kappa shape index (κ3) is 3.09. The second-order valence-electron chi connectivity index (χ2n) is 5.66. The van der Waals surface area contributed by atoms with Crippen LogP contribution in [-0.4, -0.2) is 27.2 Å². The highest BCUT2D eigenvalue weighted by molar-refractivity contribution is 7.90. The molecule has 0 radical (unpaired) electrons. The van der Waals surface area contributed by atoms with Crippen molar-refractivity contribution >= 4 is 27.0 Å². The summed E-state index contributed by atoms with van der Waals surface area (Å²) in [6, 6.07) is 9.30. The first kappa shape index (κ1) is 17.8. The lowest BCUT2D eigenvalue weighted by Gasteiger charge is -2.09. The van der Waals surface area contributed by atoms with Crippen LogP contribution in [0, 0.1) is 23.0 Å². The summed E-state index contributed by atoms with van der Waals surface area (Å²) in [5.41, 5.74) is 0.439. The second-order valence-corrected chi connectivity index (χ2v) is 7.64. The Hall–Kier alpha value is -3.05. The van der Waals surface area contributed by atoms with Gasteiger partial charge in [0.05, 0.1) is 17.2 Å². The summed E-state index contributed by atoms with van der Waals surface area (Å²) >= 11 is 0. The smallest absolute Gasteiger partial charge is 0.339 e. The number of carbonyl (C=O) groups excluding carboxylic acids is 1. The standard InChI is InChI=1S/C18H11F2NO4S/c1-26(23,24)16-7-14(19)12(6-15(16)20)13-9-25-18(22)17(13)11-4-2-3-10(5-11)8-21/h2-7H,9H2,1H3. The molecule has 0 unspecified atom stereocenters. The van der Waals surface area contributed by atoms with Crippen LogP contribution in [-0.2, 0) is 19.4 Å². The summed E-state index contributed by atoms with van der Waals surface area (Å²) in [4.78, 5) is 11.3. The van der Waals surface area contributed by atoms with Crippen molar-refractivity contribution in [3.8, 4) is 6.07 Å². The number of nitriles is 1. The molecule has 0 atom stereocenters. The first-order valence-electron chi connectivity index (χ1n) is 7.32. The quantitative estimate of drug-likeness (QED) is 0.770. The summed E-state index contributed by atoms with van der Waals surface area (Å²) < 4.78 is 56.7. The summed E-state index contributed by atoms with van der Waals surface area (Å²) in [5, 5.41) is 8.99. The molecule has 8 heteroatoms. The molecule has 1 aliphatic rings. The molecule has 2 aromatic carbocycles. The van der Waals surface area contributed by atoms with E-state index >= 15 is 0 Å². The van der Waals surface area contributed by atoms with Gasteiger partial charge in [-0.1, -0.05) is 12.1 Å². The zero-order valence-corrected chi connectivity index (χ0v) is 14.2. The second kappa shape index (κ2) is 6.35. The molecule has 0 aromatic heterocycles. The predicted octanol–water partition coefficient (Wildman–Crippen LogP) is 2.71.